The molecule has 0 saturated carbocycles. The van der Waals surface area contributed by atoms with Crippen molar-refractivity contribution in [1.82, 2.24) is 0 Å². The second-order valence-electron chi connectivity index (χ2n) is 8.05. The summed E-state index contributed by atoms with van der Waals surface area (Å²) in [5, 5.41) is 2.18. The Hall–Kier alpha value is -3.34. The lowest BCUT2D eigenvalue weighted by Gasteiger charge is -2.43. The van der Waals surface area contributed by atoms with Crippen molar-refractivity contribution in [1.29, 1.82) is 0 Å². The molecule has 0 spiro atoms. The number of nitrogens with zero attached hydrogens (tertiary/aromatic N) is 1. The van der Waals surface area contributed by atoms with Gasteiger partial charge in [0.15, 0.2) is 5.92 Å². The van der Waals surface area contributed by atoms with E-state index in [0.717, 1.165) is 33.2 Å². The van der Waals surface area contributed by atoms with Gasteiger partial charge in [-0.1, -0.05) is 60.7 Å². The molecular formula is C24H21NO4. The van der Waals surface area contributed by atoms with Crippen LogP contribution in [0.15, 0.2) is 60.7 Å². The maximum absolute atomic E-state index is 12.9. The van der Waals surface area contributed by atoms with Gasteiger partial charge in [0.1, 0.15) is 0 Å². The Morgan fingerprint density at radius 3 is 2.24 bits per heavy atom. The number of anilines is 1. The number of cyclic esters (lactones) is 2. The Morgan fingerprint density at radius 2 is 1.48 bits per heavy atom. The molecule has 5 rings (SSSR count). The van der Waals surface area contributed by atoms with Crippen molar-refractivity contribution < 1.29 is 19.1 Å². The summed E-state index contributed by atoms with van der Waals surface area (Å²) in [6, 6.07) is 19.7. The second kappa shape index (κ2) is 6.08. The molecule has 3 aromatic carbocycles. The fourth-order valence-corrected chi connectivity index (χ4v) is 4.59. The lowest BCUT2D eigenvalue weighted by atomic mass is 9.81. The molecule has 2 heterocycles. The number of hydrogen-bond acceptors (Lipinski definition) is 5. The molecular weight excluding hydrogens is 366 g/mol. The largest absolute Gasteiger partial charge is 0.422 e. The van der Waals surface area contributed by atoms with Crippen LogP contribution in [-0.4, -0.2) is 24.8 Å². The minimum absolute atomic E-state index is 0.513. The van der Waals surface area contributed by atoms with E-state index in [4.69, 9.17) is 9.47 Å². The van der Waals surface area contributed by atoms with Gasteiger partial charge in [-0.15, -0.1) is 0 Å². The molecule has 1 fully saturated rings. The van der Waals surface area contributed by atoms with Gasteiger partial charge < -0.3 is 14.4 Å². The number of fused-ring (bicyclic) bond motifs is 5. The van der Waals surface area contributed by atoms with E-state index in [1.54, 1.807) is 13.8 Å². The van der Waals surface area contributed by atoms with Crippen molar-refractivity contribution in [2.75, 3.05) is 11.9 Å². The Labute approximate surface area is 168 Å². The summed E-state index contributed by atoms with van der Waals surface area (Å²) in [7, 11) is 1.92. The third kappa shape index (κ3) is 2.61. The maximum atomic E-state index is 12.9. The zero-order valence-corrected chi connectivity index (χ0v) is 16.5. The molecule has 0 radical (unpaired) electrons. The van der Waals surface area contributed by atoms with E-state index in [9.17, 15) is 9.59 Å². The first-order valence-electron chi connectivity index (χ1n) is 9.67. The number of hydrogen-bond donors (Lipinski definition) is 0. The fraction of sp³-hybridized carbons (Fsp3) is 0.250. The van der Waals surface area contributed by atoms with E-state index in [2.05, 4.69) is 24.3 Å². The molecule has 5 nitrogen and oxygen atoms in total. The Bertz CT molecular complexity index is 1150. The van der Waals surface area contributed by atoms with Gasteiger partial charge in [-0.3, -0.25) is 9.59 Å². The lowest BCUT2D eigenvalue weighted by molar-refractivity contribution is -0.241. The molecule has 0 bridgehead atoms. The number of carbonyl (C=O) groups excluding carboxylic acids is 2. The maximum Gasteiger partial charge on any atom is 0.326 e. The Morgan fingerprint density at radius 1 is 0.828 bits per heavy atom. The quantitative estimate of drug-likeness (QED) is 0.456. The first kappa shape index (κ1) is 17.7. The number of rotatable bonds is 1. The highest BCUT2D eigenvalue weighted by Crippen LogP contribution is 2.50. The summed E-state index contributed by atoms with van der Waals surface area (Å²) in [6.45, 7) is 3.14. The van der Waals surface area contributed by atoms with E-state index >= 15 is 0 Å². The Balaban J connectivity index is 1.74. The van der Waals surface area contributed by atoms with Crippen LogP contribution < -0.4 is 4.90 Å². The van der Waals surface area contributed by atoms with Crippen LogP contribution in [0.3, 0.4) is 0 Å². The molecule has 0 aliphatic carbocycles. The van der Waals surface area contributed by atoms with Gasteiger partial charge in [0.25, 0.3) is 5.79 Å². The van der Waals surface area contributed by atoms with Crippen LogP contribution >= 0.6 is 0 Å². The van der Waals surface area contributed by atoms with Crippen LogP contribution in [0.25, 0.3) is 21.9 Å². The molecule has 2 aliphatic rings. The van der Waals surface area contributed by atoms with Crippen molar-refractivity contribution in [3.8, 4) is 11.1 Å². The first-order valence-corrected chi connectivity index (χ1v) is 9.67. The molecule has 146 valence electrons. The van der Waals surface area contributed by atoms with E-state index in [0.29, 0.717) is 0 Å². The normalized spacial score (nSPS) is 20.7. The summed E-state index contributed by atoms with van der Waals surface area (Å²) in [5.41, 5.74) is 4.01. The highest BCUT2D eigenvalue weighted by atomic mass is 16.7. The van der Waals surface area contributed by atoms with Gasteiger partial charge in [0, 0.05) is 31.8 Å². The first-order chi connectivity index (χ1) is 13.9. The highest BCUT2D eigenvalue weighted by Gasteiger charge is 2.50. The van der Waals surface area contributed by atoms with Gasteiger partial charge in [-0.05, 0) is 16.5 Å². The van der Waals surface area contributed by atoms with Crippen LogP contribution in [-0.2, 0) is 19.1 Å². The van der Waals surface area contributed by atoms with Gasteiger partial charge in [0.2, 0.25) is 0 Å². The second-order valence-corrected chi connectivity index (χ2v) is 8.05. The van der Waals surface area contributed by atoms with E-state index in [1.807, 2.05) is 48.3 Å². The van der Waals surface area contributed by atoms with Gasteiger partial charge in [-0.2, -0.15) is 0 Å². The topological polar surface area (TPSA) is 55.8 Å². The van der Waals surface area contributed by atoms with Crippen LogP contribution in [0.1, 0.15) is 25.5 Å². The molecule has 3 aromatic rings. The summed E-state index contributed by atoms with van der Waals surface area (Å²) >= 11 is 0. The minimum atomic E-state index is -1.25. The van der Waals surface area contributed by atoms with E-state index in [-0.39, 0.29) is 0 Å². The molecule has 0 aromatic heterocycles. The van der Waals surface area contributed by atoms with Gasteiger partial charge >= 0.3 is 11.9 Å². The predicted octanol–water partition coefficient (Wildman–Crippen LogP) is 4.45. The van der Waals surface area contributed by atoms with Crippen molar-refractivity contribution in [3.63, 3.8) is 0 Å². The van der Waals surface area contributed by atoms with Crippen LogP contribution in [0.2, 0.25) is 0 Å². The van der Waals surface area contributed by atoms with Gasteiger partial charge in [-0.25, -0.2) is 0 Å². The molecule has 1 atom stereocenters. The number of carbonyl (C=O) groups is 2. The SMILES string of the molecule is CN1c2c(ccc3ccccc23)-c2ccccc2C1C1C(=O)OC(C)(C)OC1=O. The smallest absolute Gasteiger partial charge is 0.326 e. The predicted molar refractivity (Wildman–Crippen MR) is 110 cm³/mol. The van der Waals surface area contributed by atoms with E-state index in [1.165, 1.54) is 0 Å². The summed E-state index contributed by atoms with van der Waals surface area (Å²) in [6.07, 6.45) is 0. The zero-order chi connectivity index (χ0) is 20.3. The molecule has 29 heavy (non-hydrogen) atoms. The third-order valence-electron chi connectivity index (χ3n) is 5.76. The van der Waals surface area contributed by atoms with E-state index < -0.39 is 29.7 Å². The number of benzene rings is 3. The van der Waals surface area contributed by atoms with Crippen LogP contribution in [0.4, 0.5) is 5.69 Å². The standard InChI is InChI=1S/C24H21NO4/c1-24(2)28-22(26)19(23(27)29-24)21-17-11-7-6-10-16(17)18-13-12-14-8-4-5-9-15(14)20(18)25(21)3/h4-13,19,21H,1-3H3. The van der Waals surface area contributed by atoms with Crippen LogP contribution in [0, 0.1) is 5.92 Å². The van der Waals surface area contributed by atoms with Crippen LogP contribution in [0.5, 0.6) is 0 Å². The summed E-state index contributed by atoms with van der Waals surface area (Å²) < 4.78 is 10.9. The molecule has 1 unspecified atom stereocenters. The molecule has 1 saturated heterocycles. The summed E-state index contributed by atoms with van der Waals surface area (Å²) in [4.78, 5) is 27.8. The monoisotopic (exact) mass is 387 g/mol. The summed E-state index contributed by atoms with van der Waals surface area (Å²) in [5.74, 6) is -3.41. The van der Waals surface area contributed by atoms with Gasteiger partial charge in [0.05, 0.1) is 11.7 Å². The third-order valence-corrected chi connectivity index (χ3v) is 5.76. The van der Waals surface area contributed by atoms with Crippen molar-refractivity contribution in [3.05, 3.63) is 66.2 Å². The number of esters is 2. The van der Waals surface area contributed by atoms with Crippen molar-refractivity contribution in [2.45, 2.75) is 25.7 Å². The average Bonchev–Trinajstić information content (AvgIpc) is 2.68. The Kier molecular flexibility index (Phi) is 3.72. The molecule has 0 N–H and O–H groups in total. The van der Waals surface area contributed by atoms with Crippen molar-refractivity contribution in [2.24, 2.45) is 5.92 Å². The highest BCUT2D eigenvalue weighted by molar-refractivity contribution is 6.06. The minimum Gasteiger partial charge on any atom is -0.422 e. The lowest BCUT2D eigenvalue weighted by Crippen LogP contribution is -2.51. The fourth-order valence-electron chi connectivity index (χ4n) is 4.59. The average molecular weight is 387 g/mol. The molecule has 5 heteroatoms. The molecule has 0 amide bonds. The molecule has 2 aliphatic heterocycles. The zero-order valence-electron chi connectivity index (χ0n) is 16.5. The number of ether oxygens (including phenoxy) is 2. The van der Waals surface area contributed by atoms with Crippen molar-refractivity contribution >= 4 is 28.4 Å².